The summed E-state index contributed by atoms with van der Waals surface area (Å²) < 4.78 is 16.7. The van der Waals surface area contributed by atoms with Gasteiger partial charge in [-0.2, -0.15) is 0 Å². The zero-order valence-electron chi connectivity index (χ0n) is 13.8. The third-order valence-electron chi connectivity index (χ3n) is 4.43. The number of benzene rings is 1. The van der Waals surface area contributed by atoms with Crippen molar-refractivity contribution in [2.24, 2.45) is 0 Å². The fourth-order valence-corrected chi connectivity index (χ4v) is 3.00. The first-order chi connectivity index (χ1) is 10.9. The van der Waals surface area contributed by atoms with Crippen molar-refractivity contribution in [2.75, 3.05) is 6.61 Å². The van der Waals surface area contributed by atoms with E-state index < -0.39 is 11.6 Å². The quantitative estimate of drug-likeness (QED) is 0.799. The van der Waals surface area contributed by atoms with Gasteiger partial charge in [0.15, 0.2) is 5.78 Å². The molecule has 1 aromatic carbocycles. The molecule has 5 heteroatoms. The highest BCUT2D eigenvalue weighted by Gasteiger charge is 2.37. The molecule has 0 saturated heterocycles. The molecule has 0 aliphatic carbocycles. The van der Waals surface area contributed by atoms with Gasteiger partial charge in [0.05, 0.1) is 18.6 Å². The second kappa shape index (κ2) is 5.41. The molecule has 0 radical (unpaired) electrons. The first-order valence-electron chi connectivity index (χ1n) is 7.85. The normalized spacial score (nSPS) is 20.3. The number of rotatable bonds is 3. The number of ketones is 1. The number of ether oxygens (including phenoxy) is 2. The molecule has 0 bridgehead atoms. The molecule has 0 unspecified atom stereocenters. The van der Waals surface area contributed by atoms with Gasteiger partial charge < -0.3 is 13.9 Å². The number of esters is 1. The van der Waals surface area contributed by atoms with E-state index in [1.165, 1.54) is 0 Å². The maximum atomic E-state index is 12.7. The molecule has 1 aliphatic heterocycles. The SMILES string of the molecule is CCOC(=O)c1oc2ccc3c(c2c1C)C(=O)C[C@@](C)(CC)O3. The zero-order chi connectivity index (χ0) is 16.8. The van der Waals surface area contributed by atoms with Crippen molar-refractivity contribution in [3.05, 3.63) is 29.0 Å². The average molecular weight is 316 g/mol. The second-order valence-electron chi connectivity index (χ2n) is 6.09. The average Bonchev–Trinajstić information content (AvgIpc) is 2.84. The van der Waals surface area contributed by atoms with Crippen LogP contribution < -0.4 is 4.74 Å². The van der Waals surface area contributed by atoms with Crippen LogP contribution in [0.4, 0.5) is 0 Å². The van der Waals surface area contributed by atoms with E-state index in [0.717, 1.165) is 6.42 Å². The van der Waals surface area contributed by atoms with Gasteiger partial charge in [0.2, 0.25) is 5.76 Å². The minimum atomic E-state index is -0.516. The summed E-state index contributed by atoms with van der Waals surface area (Å²) in [6, 6.07) is 3.47. The Kier molecular flexibility index (Phi) is 3.66. The standard InChI is InChI=1S/C18H20O5/c1-5-18(4)9-11(19)15-13(23-18)8-7-12-14(15)10(3)16(22-12)17(20)21-6-2/h7-8H,5-6,9H2,1-4H3/t18-/m1/s1. The van der Waals surface area contributed by atoms with Crippen molar-refractivity contribution >= 4 is 22.7 Å². The van der Waals surface area contributed by atoms with E-state index >= 15 is 0 Å². The van der Waals surface area contributed by atoms with Crippen LogP contribution in [0.15, 0.2) is 16.5 Å². The van der Waals surface area contributed by atoms with Crippen LogP contribution >= 0.6 is 0 Å². The third-order valence-corrected chi connectivity index (χ3v) is 4.43. The molecule has 0 spiro atoms. The molecular weight excluding hydrogens is 296 g/mol. The van der Waals surface area contributed by atoms with E-state index in [1.54, 1.807) is 26.0 Å². The molecular formula is C18H20O5. The molecule has 2 aromatic rings. The molecule has 0 saturated carbocycles. The number of aryl methyl sites for hydroxylation is 1. The van der Waals surface area contributed by atoms with E-state index in [2.05, 4.69) is 0 Å². The minimum absolute atomic E-state index is 0.0144. The maximum Gasteiger partial charge on any atom is 0.374 e. The Bertz CT molecular complexity index is 801. The van der Waals surface area contributed by atoms with Crippen LogP contribution in [0, 0.1) is 6.92 Å². The molecule has 0 amide bonds. The molecule has 1 aliphatic rings. The molecule has 1 atom stereocenters. The lowest BCUT2D eigenvalue weighted by molar-refractivity contribution is 0.0486. The lowest BCUT2D eigenvalue weighted by Crippen LogP contribution is -2.38. The summed E-state index contributed by atoms with van der Waals surface area (Å²) >= 11 is 0. The summed E-state index contributed by atoms with van der Waals surface area (Å²) in [7, 11) is 0. The Morgan fingerprint density at radius 1 is 1.35 bits per heavy atom. The molecule has 122 valence electrons. The van der Waals surface area contributed by atoms with Gasteiger partial charge in [-0.15, -0.1) is 0 Å². The number of furan rings is 1. The molecule has 3 rings (SSSR count). The lowest BCUT2D eigenvalue weighted by Gasteiger charge is -2.34. The van der Waals surface area contributed by atoms with Crippen molar-refractivity contribution in [1.82, 2.24) is 0 Å². The fraction of sp³-hybridized carbons (Fsp3) is 0.444. The summed E-state index contributed by atoms with van der Waals surface area (Å²) in [4.78, 5) is 24.7. The number of fused-ring (bicyclic) bond motifs is 3. The van der Waals surface area contributed by atoms with Gasteiger partial charge in [-0.25, -0.2) is 4.79 Å². The predicted molar refractivity (Wildman–Crippen MR) is 85.2 cm³/mol. The van der Waals surface area contributed by atoms with E-state index in [-0.39, 0.29) is 18.2 Å². The molecule has 5 nitrogen and oxygen atoms in total. The van der Waals surface area contributed by atoms with E-state index in [1.807, 2.05) is 13.8 Å². The minimum Gasteiger partial charge on any atom is -0.486 e. The first-order valence-corrected chi connectivity index (χ1v) is 7.85. The first kappa shape index (κ1) is 15.6. The van der Waals surface area contributed by atoms with Crippen molar-refractivity contribution in [3.8, 4) is 5.75 Å². The largest absolute Gasteiger partial charge is 0.486 e. The second-order valence-corrected chi connectivity index (χ2v) is 6.09. The molecule has 0 N–H and O–H groups in total. The Morgan fingerprint density at radius 3 is 2.74 bits per heavy atom. The van der Waals surface area contributed by atoms with Crippen LogP contribution in [-0.2, 0) is 4.74 Å². The van der Waals surface area contributed by atoms with E-state index in [0.29, 0.717) is 34.3 Å². The fourth-order valence-electron chi connectivity index (χ4n) is 3.00. The van der Waals surface area contributed by atoms with Gasteiger partial charge >= 0.3 is 5.97 Å². The zero-order valence-corrected chi connectivity index (χ0v) is 13.8. The summed E-state index contributed by atoms with van der Waals surface area (Å²) in [5, 5.41) is 0.647. The maximum absolute atomic E-state index is 12.7. The Balaban J connectivity index is 2.19. The molecule has 1 aromatic heterocycles. The van der Waals surface area contributed by atoms with Crippen molar-refractivity contribution in [1.29, 1.82) is 0 Å². The van der Waals surface area contributed by atoms with Crippen LogP contribution in [-0.4, -0.2) is 24.0 Å². The summed E-state index contributed by atoms with van der Waals surface area (Å²) in [5.74, 6) is 0.197. The van der Waals surface area contributed by atoms with Crippen LogP contribution in [0.5, 0.6) is 5.75 Å². The monoisotopic (exact) mass is 316 g/mol. The highest BCUT2D eigenvalue weighted by atomic mass is 16.5. The molecule has 0 fully saturated rings. The third kappa shape index (κ3) is 2.40. The van der Waals surface area contributed by atoms with Gasteiger partial charge in [-0.05, 0) is 39.3 Å². The van der Waals surface area contributed by atoms with E-state index in [4.69, 9.17) is 13.9 Å². The van der Waals surface area contributed by atoms with Gasteiger partial charge in [0, 0.05) is 10.9 Å². The van der Waals surface area contributed by atoms with Gasteiger partial charge in [-0.3, -0.25) is 4.79 Å². The highest BCUT2D eigenvalue weighted by Crippen LogP contribution is 2.41. The van der Waals surface area contributed by atoms with Gasteiger partial charge in [0.1, 0.15) is 16.9 Å². The van der Waals surface area contributed by atoms with Crippen LogP contribution in [0.1, 0.15) is 60.1 Å². The van der Waals surface area contributed by atoms with Crippen LogP contribution in [0.3, 0.4) is 0 Å². The Labute approximate surface area is 134 Å². The summed E-state index contributed by atoms with van der Waals surface area (Å²) in [6.07, 6.45) is 1.06. The van der Waals surface area contributed by atoms with Crippen molar-refractivity contribution < 1.29 is 23.5 Å². The smallest absolute Gasteiger partial charge is 0.374 e. The lowest BCUT2D eigenvalue weighted by atomic mass is 9.87. The number of carbonyl (C=O) groups excluding carboxylic acids is 2. The Morgan fingerprint density at radius 2 is 2.09 bits per heavy atom. The highest BCUT2D eigenvalue weighted by molar-refractivity contribution is 6.13. The van der Waals surface area contributed by atoms with Crippen LogP contribution in [0.25, 0.3) is 11.0 Å². The molecule has 23 heavy (non-hydrogen) atoms. The summed E-state index contributed by atoms with van der Waals surface area (Å²) in [5.41, 5.74) is 1.14. The van der Waals surface area contributed by atoms with E-state index in [9.17, 15) is 9.59 Å². The van der Waals surface area contributed by atoms with Crippen molar-refractivity contribution in [3.63, 3.8) is 0 Å². The Hall–Kier alpha value is -2.30. The number of carbonyl (C=O) groups is 2. The van der Waals surface area contributed by atoms with Gasteiger partial charge in [0.25, 0.3) is 0 Å². The molecule has 2 heterocycles. The van der Waals surface area contributed by atoms with Crippen LogP contribution in [0.2, 0.25) is 0 Å². The number of Topliss-reactive ketones (excluding diaryl/α,β-unsaturated/α-hetero) is 1. The van der Waals surface area contributed by atoms with Gasteiger partial charge in [-0.1, -0.05) is 6.92 Å². The topological polar surface area (TPSA) is 65.7 Å². The number of hydrogen-bond donors (Lipinski definition) is 0. The summed E-state index contributed by atoms with van der Waals surface area (Å²) in [6.45, 7) is 7.70. The number of hydrogen-bond acceptors (Lipinski definition) is 5. The predicted octanol–water partition coefficient (Wildman–Crippen LogP) is 4.05. The van der Waals surface area contributed by atoms with Crippen molar-refractivity contribution in [2.45, 2.75) is 46.1 Å².